The van der Waals surface area contributed by atoms with Crippen LogP contribution in [0.25, 0.3) is 0 Å². The molecule has 2 saturated heterocycles. The van der Waals surface area contributed by atoms with Crippen molar-refractivity contribution in [2.24, 2.45) is 39.4 Å². The molecule has 2 rings (SSSR count). The van der Waals surface area contributed by atoms with Crippen LogP contribution in [0.5, 0.6) is 0 Å². The predicted molar refractivity (Wildman–Crippen MR) is 174 cm³/mol. The predicted octanol–water partition coefficient (Wildman–Crippen LogP) is -0.838. The van der Waals surface area contributed by atoms with Gasteiger partial charge in [-0.2, -0.15) is 0 Å². The van der Waals surface area contributed by atoms with Crippen molar-refractivity contribution in [3.63, 3.8) is 0 Å². The van der Waals surface area contributed by atoms with Crippen molar-refractivity contribution in [3.05, 3.63) is 12.3 Å². The molecule has 4 amide bonds. The zero-order valence-electron chi connectivity index (χ0n) is 26.6. The number of likely N-dealkylation sites (tertiary alicyclic amines) is 2. The maximum atomic E-state index is 11.8. The van der Waals surface area contributed by atoms with Gasteiger partial charge in [-0.3, -0.25) is 29.0 Å². The van der Waals surface area contributed by atoms with E-state index in [0.29, 0.717) is 43.8 Å². The number of nitrogens with zero attached hydrogens (tertiary/aromatic N) is 3. The average Bonchev–Trinajstić information content (AvgIpc) is 3.71. The summed E-state index contributed by atoms with van der Waals surface area (Å²) in [7, 11) is 0. The summed E-state index contributed by atoms with van der Waals surface area (Å²) in [6, 6.07) is -0.838. The lowest BCUT2D eigenvalue weighted by Crippen LogP contribution is -2.42. The second-order valence-corrected chi connectivity index (χ2v) is 10.6. The van der Waals surface area contributed by atoms with E-state index in [1.165, 1.54) is 19.8 Å². The number of ketones is 1. The third-order valence-corrected chi connectivity index (χ3v) is 6.77. The third-order valence-electron chi connectivity index (χ3n) is 6.77. The van der Waals surface area contributed by atoms with Crippen molar-refractivity contribution in [1.29, 1.82) is 0 Å². The molecule has 0 aromatic rings. The number of rotatable bonds is 16. The topological polar surface area (TPSA) is 272 Å². The number of guanidine groups is 1. The van der Waals surface area contributed by atoms with Gasteiger partial charge in [0.25, 0.3) is 0 Å². The minimum atomic E-state index is -0.428. The molecule has 0 radical (unpaired) electrons. The molecule has 15 nitrogen and oxygen atoms in total. The maximum absolute atomic E-state index is 11.8. The molecule has 0 saturated carbocycles. The minimum absolute atomic E-state index is 0.0576. The zero-order chi connectivity index (χ0) is 33.8. The molecule has 13 N–H and O–H groups in total. The van der Waals surface area contributed by atoms with Gasteiger partial charge in [0.05, 0.1) is 12.1 Å². The van der Waals surface area contributed by atoms with Crippen LogP contribution < -0.4 is 39.7 Å². The Hall–Kier alpha value is -3.72. The van der Waals surface area contributed by atoms with Crippen LogP contribution >= 0.6 is 0 Å². The van der Waals surface area contributed by atoms with Gasteiger partial charge in [0, 0.05) is 44.8 Å². The SMILES string of the molecule is C=C(N)CCC(NC=O)C(C)=O.NC(N)=NCCCC(N)C(=O)N1CCCC1.NC=O.NCCCCCC(=O)N1CCCC1. The highest BCUT2D eigenvalue weighted by molar-refractivity contribution is 5.83. The Kier molecular flexibility index (Phi) is 27.1. The van der Waals surface area contributed by atoms with E-state index in [0.717, 1.165) is 77.7 Å². The minimum Gasteiger partial charge on any atom is -0.403 e. The van der Waals surface area contributed by atoms with Gasteiger partial charge in [-0.1, -0.05) is 13.0 Å². The van der Waals surface area contributed by atoms with Crippen molar-refractivity contribution in [3.8, 4) is 0 Å². The average molecular weight is 627 g/mol. The number of carbonyl (C=O) groups is 5. The van der Waals surface area contributed by atoms with Gasteiger partial charge in [0.1, 0.15) is 0 Å². The first kappa shape index (κ1) is 42.4. The summed E-state index contributed by atoms with van der Waals surface area (Å²) in [5.74, 6) is 0.416. The van der Waals surface area contributed by atoms with Crippen molar-refractivity contribution >= 4 is 36.4 Å². The van der Waals surface area contributed by atoms with Crippen LogP contribution in [-0.4, -0.2) is 97.5 Å². The molecule has 15 heteroatoms. The number of nitrogens with one attached hydrogen (secondary N) is 1. The smallest absolute Gasteiger partial charge is 0.239 e. The number of aliphatic imine (C=N–C) groups is 1. The monoisotopic (exact) mass is 626 g/mol. The lowest BCUT2D eigenvalue weighted by molar-refractivity contribution is -0.132. The summed E-state index contributed by atoms with van der Waals surface area (Å²) in [5.41, 5.74) is 31.6. The highest BCUT2D eigenvalue weighted by Crippen LogP contribution is 2.11. The van der Waals surface area contributed by atoms with Crippen LogP contribution in [0, 0.1) is 0 Å². The van der Waals surface area contributed by atoms with Crippen LogP contribution in [0.2, 0.25) is 0 Å². The Morgan fingerprint density at radius 3 is 1.89 bits per heavy atom. The summed E-state index contributed by atoms with van der Waals surface area (Å²) >= 11 is 0. The Balaban J connectivity index is 0. The molecule has 44 heavy (non-hydrogen) atoms. The van der Waals surface area contributed by atoms with Gasteiger partial charge in [-0.25, -0.2) is 0 Å². The Labute approximate surface area is 262 Å². The highest BCUT2D eigenvalue weighted by Gasteiger charge is 2.23. The maximum Gasteiger partial charge on any atom is 0.239 e. The van der Waals surface area contributed by atoms with E-state index in [1.807, 2.05) is 9.80 Å². The van der Waals surface area contributed by atoms with Gasteiger partial charge in [-0.05, 0) is 77.7 Å². The molecule has 0 bridgehead atoms. The number of amides is 4. The summed E-state index contributed by atoms with van der Waals surface area (Å²) < 4.78 is 0. The number of allylic oxidation sites excluding steroid dienone is 1. The molecule has 254 valence electrons. The normalized spacial score (nSPS) is 14.6. The van der Waals surface area contributed by atoms with Crippen LogP contribution in [-0.2, 0) is 24.0 Å². The molecule has 0 aliphatic carbocycles. The van der Waals surface area contributed by atoms with Crippen molar-refractivity contribution < 1.29 is 24.0 Å². The molecular formula is C29H58N10O5. The molecule has 2 aliphatic heterocycles. The number of primary amides is 1. The van der Waals surface area contributed by atoms with Crippen molar-refractivity contribution in [1.82, 2.24) is 15.1 Å². The lowest BCUT2D eigenvalue weighted by atomic mass is 10.1. The number of hydrogen-bond acceptors (Lipinski definition) is 9. The van der Waals surface area contributed by atoms with E-state index < -0.39 is 12.1 Å². The molecule has 2 atom stereocenters. The molecular weight excluding hydrogens is 568 g/mol. The standard InChI is InChI=1S/C10H21N5O.C10H20N2O.C8H14N2O2.CH3NO/c11-8(4-3-5-14-10(12)13)9(16)15-6-1-2-7-15;11-7-3-1-2-6-10(13)12-8-4-5-9-12;1-6(9)3-4-8(7(2)12)10-5-11;2-1-3/h8H,1-7,11H2,(H4,12,13,14);1-9,11H2;5,8H,1,3-4,9H2,2H3,(H,10,11);1H,(H2,2,3). The number of Topliss-reactive ketones (excluding diaryl/α,β-unsaturated/α-hetero) is 1. The fraction of sp³-hybridized carbons (Fsp3) is 0.724. The molecule has 2 fully saturated rings. The molecule has 0 aromatic heterocycles. The zero-order valence-corrected chi connectivity index (χ0v) is 26.6. The molecule has 0 aromatic carbocycles. The van der Waals surface area contributed by atoms with Gasteiger partial charge in [0.15, 0.2) is 11.7 Å². The summed E-state index contributed by atoms with van der Waals surface area (Å²) in [6.45, 7) is 9.87. The second kappa shape index (κ2) is 28.1. The first-order chi connectivity index (χ1) is 20.9. The van der Waals surface area contributed by atoms with E-state index in [1.54, 1.807) is 0 Å². The van der Waals surface area contributed by atoms with Crippen LogP contribution in [0.4, 0.5) is 0 Å². The summed E-state index contributed by atoms with van der Waals surface area (Å²) in [6.07, 6.45) is 11.6. The van der Waals surface area contributed by atoms with Crippen LogP contribution in [0.1, 0.15) is 84.0 Å². The molecule has 2 heterocycles. The van der Waals surface area contributed by atoms with E-state index in [9.17, 15) is 19.2 Å². The number of carbonyl (C=O) groups excluding carboxylic acids is 5. The molecule has 2 aliphatic rings. The number of hydrogen-bond donors (Lipinski definition) is 7. The van der Waals surface area contributed by atoms with Crippen molar-refractivity contribution in [2.45, 2.75) is 96.1 Å². The lowest BCUT2D eigenvalue weighted by Gasteiger charge is -2.19. The van der Waals surface area contributed by atoms with E-state index in [4.69, 9.17) is 33.5 Å². The first-order valence-corrected chi connectivity index (χ1v) is 15.3. The Morgan fingerprint density at radius 1 is 0.886 bits per heavy atom. The summed E-state index contributed by atoms with van der Waals surface area (Å²) in [5, 5.41) is 2.41. The Bertz CT molecular complexity index is 855. The van der Waals surface area contributed by atoms with Gasteiger partial charge in [-0.15, -0.1) is 0 Å². The fourth-order valence-corrected chi connectivity index (χ4v) is 4.35. The largest absolute Gasteiger partial charge is 0.403 e. The Morgan fingerprint density at radius 2 is 1.43 bits per heavy atom. The van der Waals surface area contributed by atoms with Crippen LogP contribution in [0.15, 0.2) is 17.3 Å². The van der Waals surface area contributed by atoms with E-state index in [2.05, 4.69) is 22.6 Å². The molecule has 0 spiro atoms. The van der Waals surface area contributed by atoms with Gasteiger partial charge in [0.2, 0.25) is 24.6 Å². The quantitative estimate of drug-likeness (QED) is 0.0483. The van der Waals surface area contributed by atoms with Gasteiger partial charge < -0.3 is 49.5 Å². The van der Waals surface area contributed by atoms with Crippen molar-refractivity contribution in [2.75, 3.05) is 39.3 Å². The van der Waals surface area contributed by atoms with Crippen LogP contribution in [0.3, 0.4) is 0 Å². The number of unbranched alkanes of at least 4 members (excludes halogenated alkanes) is 2. The first-order valence-electron chi connectivity index (χ1n) is 15.3. The summed E-state index contributed by atoms with van der Waals surface area (Å²) in [4.78, 5) is 60.4. The van der Waals surface area contributed by atoms with E-state index >= 15 is 0 Å². The highest BCUT2D eigenvalue weighted by atomic mass is 16.2. The fourth-order valence-electron chi connectivity index (χ4n) is 4.35. The molecule has 2 unspecified atom stereocenters. The third kappa shape index (κ3) is 23.8. The van der Waals surface area contributed by atoms with Gasteiger partial charge >= 0.3 is 0 Å². The number of nitrogens with two attached hydrogens (primary N) is 6. The van der Waals surface area contributed by atoms with E-state index in [-0.39, 0.29) is 24.1 Å². The second-order valence-electron chi connectivity index (χ2n) is 10.6.